The second-order valence-electron chi connectivity index (χ2n) is 5.00. The van der Waals surface area contributed by atoms with Crippen LogP contribution in [-0.4, -0.2) is 52.0 Å². The minimum absolute atomic E-state index is 0.0156. The van der Waals surface area contributed by atoms with E-state index in [0.717, 1.165) is 18.5 Å². The lowest BCUT2D eigenvalue weighted by molar-refractivity contribution is 0.0596. The number of hydrogen-bond acceptors (Lipinski definition) is 5. The molecule has 1 fully saturated rings. The van der Waals surface area contributed by atoms with Crippen molar-refractivity contribution in [2.24, 2.45) is 0 Å². The number of nitrogens with zero attached hydrogens (tertiary/aromatic N) is 1. The highest BCUT2D eigenvalue weighted by Crippen LogP contribution is 2.23. The molecule has 1 aromatic rings. The Balaban J connectivity index is 2.46. The predicted octanol–water partition coefficient (Wildman–Crippen LogP) is 0.766. The summed E-state index contributed by atoms with van der Waals surface area (Å²) in [5.41, 5.74) is 0.904. The topological polar surface area (TPSA) is 75.7 Å². The fourth-order valence-corrected chi connectivity index (χ4v) is 3.98. The molecule has 0 amide bonds. The number of carbonyl (C=O) groups is 1. The summed E-state index contributed by atoms with van der Waals surface area (Å²) in [6, 6.07) is 4.72. The van der Waals surface area contributed by atoms with Crippen LogP contribution in [0, 0.1) is 6.92 Å². The lowest BCUT2D eigenvalue weighted by Gasteiger charge is -2.21. The molecule has 1 aliphatic rings. The third kappa shape index (κ3) is 3.42. The Morgan fingerprint density at radius 1 is 1.29 bits per heavy atom. The van der Waals surface area contributed by atoms with Gasteiger partial charge in [-0.1, -0.05) is 11.6 Å². The summed E-state index contributed by atoms with van der Waals surface area (Å²) in [5, 5.41) is 3.16. The van der Waals surface area contributed by atoms with Gasteiger partial charge in [0.25, 0.3) is 0 Å². The van der Waals surface area contributed by atoms with Crippen molar-refractivity contribution < 1.29 is 17.9 Å². The monoisotopic (exact) mass is 312 g/mol. The van der Waals surface area contributed by atoms with Crippen LogP contribution in [0.3, 0.4) is 0 Å². The molecule has 1 heterocycles. The third-order valence-corrected chi connectivity index (χ3v) is 5.41. The fourth-order valence-electron chi connectivity index (χ4n) is 2.34. The van der Waals surface area contributed by atoms with E-state index in [2.05, 4.69) is 5.32 Å². The molecule has 0 radical (unpaired) electrons. The highest BCUT2D eigenvalue weighted by molar-refractivity contribution is 7.89. The fraction of sp³-hybridized carbons (Fsp3) is 0.500. The second-order valence-corrected chi connectivity index (χ2v) is 6.91. The molecule has 7 heteroatoms. The number of ether oxygens (including phenoxy) is 1. The Morgan fingerprint density at radius 3 is 2.76 bits per heavy atom. The quantitative estimate of drug-likeness (QED) is 0.834. The average Bonchev–Trinajstić information content (AvgIpc) is 2.75. The lowest BCUT2D eigenvalue weighted by atomic mass is 10.1. The molecule has 1 N–H and O–H groups in total. The zero-order valence-electron chi connectivity index (χ0n) is 12.3. The van der Waals surface area contributed by atoms with Crippen molar-refractivity contribution >= 4 is 16.0 Å². The summed E-state index contributed by atoms with van der Waals surface area (Å²) in [7, 11) is -2.45. The maximum absolute atomic E-state index is 12.8. The van der Waals surface area contributed by atoms with Crippen LogP contribution in [0.5, 0.6) is 0 Å². The Bertz CT molecular complexity index is 620. The Kier molecular flexibility index (Phi) is 4.97. The molecule has 1 aliphatic heterocycles. The van der Waals surface area contributed by atoms with E-state index in [4.69, 9.17) is 4.74 Å². The molecule has 0 bridgehead atoms. The molecule has 0 atom stereocenters. The molecule has 0 aromatic heterocycles. The zero-order valence-corrected chi connectivity index (χ0v) is 13.1. The number of nitrogens with one attached hydrogen (secondary N) is 1. The van der Waals surface area contributed by atoms with Gasteiger partial charge in [-0.3, -0.25) is 0 Å². The molecule has 0 spiro atoms. The molecule has 6 nitrogen and oxygen atoms in total. The molecule has 0 aliphatic carbocycles. The van der Waals surface area contributed by atoms with Gasteiger partial charge in [-0.05, 0) is 32.0 Å². The van der Waals surface area contributed by atoms with E-state index in [1.165, 1.54) is 17.5 Å². The summed E-state index contributed by atoms with van der Waals surface area (Å²) < 4.78 is 31.7. The zero-order chi connectivity index (χ0) is 15.5. The molecule has 1 saturated heterocycles. The van der Waals surface area contributed by atoms with Crippen molar-refractivity contribution in [1.82, 2.24) is 9.62 Å². The van der Waals surface area contributed by atoms with E-state index < -0.39 is 16.0 Å². The van der Waals surface area contributed by atoms with Crippen LogP contribution in [0.15, 0.2) is 23.1 Å². The number of aryl methyl sites for hydroxylation is 1. The molecule has 2 rings (SSSR count). The SMILES string of the molecule is COC(=O)c1cc(C)ccc1S(=O)(=O)N1CCCNCC1. The van der Waals surface area contributed by atoms with Gasteiger partial charge in [0.05, 0.1) is 17.6 Å². The average molecular weight is 312 g/mol. The van der Waals surface area contributed by atoms with Crippen molar-refractivity contribution in [3.05, 3.63) is 29.3 Å². The van der Waals surface area contributed by atoms with Gasteiger partial charge in [-0.15, -0.1) is 0 Å². The maximum atomic E-state index is 12.8. The molecule has 116 valence electrons. The number of methoxy groups -OCH3 is 1. The minimum atomic E-state index is -3.70. The summed E-state index contributed by atoms with van der Waals surface area (Å²) in [4.78, 5) is 11.9. The highest BCUT2D eigenvalue weighted by atomic mass is 32.2. The van der Waals surface area contributed by atoms with Gasteiger partial charge in [-0.25, -0.2) is 13.2 Å². The first-order chi connectivity index (χ1) is 9.96. The molecule has 21 heavy (non-hydrogen) atoms. The van der Waals surface area contributed by atoms with Gasteiger partial charge in [-0.2, -0.15) is 4.31 Å². The first kappa shape index (κ1) is 15.9. The third-order valence-electron chi connectivity index (χ3n) is 3.46. The van der Waals surface area contributed by atoms with Crippen LogP contribution in [0.1, 0.15) is 22.3 Å². The van der Waals surface area contributed by atoms with Crippen LogP contribution in [0.25, 0.3) is 0 Å². The number of carbonyl (C=O) groups excluding carboxylic acids is 1. The number of benzene rings is 1. The van der Waals surface area contributed by atoms with Crippen LogP contribution in [-0.2, 0) is 14.8 Å². The van der Waals surface area contributed by atoms with E-state index in [1.54, 1.807) is 19.1 Å². The van der Waals surface area contributed by atoms with E-state index in [0.29, 0.717) is 19.6 Å². The van der Waals surface area contributed by atoms with Crippen LogP contribution >= 0.6 is 0 Å². The standard InChI is InChI=1S/C14H20N2O4S/c1-11-4-5-13(12(10-11)14(17)20-2)21(18,19)16-8-3-6-15-7-9-16/h4-5,10,15H,3,6-9H2,1-2H3. The molecular formula is C14H20N2O4S. The van der Waals surface area contributed by atoms with E-state index in [9.17, 15) is 13.2 Å². The summed E-state index contributed by atoms with van der Waals surface area (Å²) >= 11 is 0. The second kappa shape index (κ2) is 6.55. The maximum Gasteiger partial charge on any atom is 0.339 e. The molecule has 0 unspecified atom stereocenters. The van der Waals surface area contributed by atoms with Crippen molar-refractivity contribution in [3.63, 3.8) is 0 Å². The Labute approximate surface area is 125 Å². The number of sulfonamides is 1. The smallest absolute Gasteiger partial charge is 0.339 e. The van der Waals surface area contributed by atoms with Gasteiger partial charge in [0, 0.05) is 19.6 Å². The number of esters is 1. The Hall–Kier alpha value is -1.44. The van der Waals surface area contributed by atoms with Crippen LogP contribution in [0.4, 0.5) is 0 Å². The summed E-state index contributed by atoms with van der Waals surface area (Å²) in [6.07, 6.45) is 0.749. The largest absolute Gasteiger partial charge is 0.465 e. The first-order valence-corrected chi connectivity index (χ1v) is 8.30. The van der Waals surface area contributed by atoms with Crippen molar-refractivity contribution in [2.45, 2.75) is 18.2 Å². The summed E-state index contributed by atoms with van der Waals surface area (Å²) in [6.45, 7) is 4.06. The van der Waals surface area contributed by atoms with Crippen LogP contribution in [0.2, 0.25) is 0 Å². The van der Waals surface area contributed by atoms with Gasteiger partial charge in [0.2, 0.25) is 10.0 Å². The minimum Gasteiger partial charge on any atom is -0.465 e. The van der Waals surface area contributed by atoms with Crippen molar-refractivity contribution in [3.8, 4) is 0 Å². The molecule has 1 aromatic carbocycles. The summed E-state index contributed by atoms with van der Waals surface area (Å²) in [5.74, 6) is -0.634. The Morgan fingerprint density at radius 2 is 2.05 bits per heavy atom. The van der Waals surface area contributed by atoms with E-state index in [-0.39, 0.29) is 10.5 Å². The van der Waals surface area contributed by atoms with E-state index >= 15 is 0 Å². The van der Waals surface area contributed by atoms with Crippen LogP contribution < -0.4 is 5.32 Å². The first-order valence-electron chi connectivity index (χ1n) is 6.86. The molecule has 0 saturated carbocycles. The van der Waals surface area contributed by atoms with Crippen molar-refractivity contribution in [1.29, 1.82) is 0 Å². The molecular weight excluding hydrogens is 292 g/mol. The predicted molar refractivity (Wildman–Crippen MR) is 78.8 cm³/mol. The van der Waals surface area contributed by atoms with E-state index in [1.807, 2.05) is 0 Å². The van der Waals surface area contributed by atoms with Gasteiger partial charge < -0.3 is 10.1 Å². The van der Waals surface area contributed by atoms with Gasteiger partial charge in [0.1, 0.15) is 0 Å². The van der Waals surface area contributed by atoms with Gasteiger partial charge >= 0.3 is 5.97 Å². The normalized spacial score (nSPS) is 17.2. The van der Waals surface area contributed by atoms with Crippen molar-refractivity contribution in [2.75, 3.05) is 33.3 Å². The number of rotatable bonds is 3. The van der Waals surface area contributed by atoms with Gasteiger partial charge in [0.15, 0.2) is 0 Å². The lowest BCUT2D eigenvalue weighted by Crippen LogP contribution is -2.35. The number of hydrogen-bond donors (Lipinski definition) is 1. The highest BCUT2D eigenvalue weighted by Gasteiger charge is 2.29.